The second-order valence-electron chi connectivity index (χ2n) is 6.37. The summed E-state index contributed by atoms with van der Waals surface area (Å²) in [4.78, 5) is 17.8. The third-order valence-corrected chi connectivity index (χ3v) is 4.58. The molecule has 0 aromatic carbocycles. The van der Waals surface area contributed by atoms with Gasteiger partial charge in [0.1, 0.15) is 5.84 Å². The Labute approximate surface area is 169 Å². The minimum Gasteiger partial charge on any atom is -0.330 e. The quantitative estimate of drug-likeness (QED) is 0.170. The van der Waals surface area contributed by atoms with Crippen LogP contribution in [-0.2, 0) is 4.79 Å². The fraction of sp³-hybridized carbons (Fsp3) is 0.455. The molecule has 0 bridgehead atoms. The van der Waals surface area contributed by atoms with Gasteiger partial charge in [-0.05, 0) is 58.2 Å². The number of hydrogen-bond acceptors (Lipinski definition) is 3. The van der Waals surface area contributed by atoms with Crippen LogP contribution in [0, 0.1) is 5.92 Å². The molecular formula is C22H34ClN3O. The lowest BCUT2D eigenvalue weighted by molar-refractivity contribution is -0.104. The molecule has 1 unspecified atom stereocenters. The fourth-order valence-electron chi connectivity index (χ4n) is 2.94. The molecule has 0 aliphatic rings. The van der Waals surface area contributed by atoms with Gasteiger partial charge in [-0.25, -0.2) is 0 Å². The van der Waals surface area contributed by atoms with Crippen LogP contribution in [0.4, 0.5) is 0 Å². The fourth-order valence-corrected chi connectivity index (χ4v) is 3.08. The topological polar surface area (TPSA) is 58.7 Å². The van der Waals surface area contributed by atoms with E-state index in [0.717, 1.165) is 19.3 Å². The molecule has 5 heteroatoms. The maximum Gasteiger partial charge on any atom is 0.153 e. The molecule has 0 fully saturated rings. The molecule has 0 saturated carbocycles. The van der Waals surface area contributed by atoms with Crippen LogP contribution in [0.25, 0.3) is 0 Å². The van der Waals surface area contributed by atoms with Crippen molar-refractivity contribution in [2.24, 2.45) is 16.6 Å². The van der Waals surface area contributed by atoms with E-state index in [9.17, 15) is 4.79 Å². The van der Waals surface area contributed by atoms with Gasteiger partial charge in [0, 0.05) is 17.8 Å². The highest BCUT2D eigenvalue weighted by Gasteiger charge is 2.19. The first-order chi connectivity index (χ1) is 12.8. The van der Waals surface area contributed by atoms with Crippen molar-refractivity contribution >= 4 is 23.7 Å². The van der Waals surface area contributed by atoms with Crippen LogP contribution in [0.5, 0.6) is 0 Å². The monoisotopic (exact) mass is 391 g/mol. The largest absolute Gasteiger partial charge is 0.330 e. The molecule has 4 nitrogen and oxygen atoms in total. The summed E-state index contributed by atoms with van der Waals surface area (Å²) in [5.41, 5.74) is 8.59. The van der Waals surface area contributed by atoms with E-state index >= 15 is 0 Å². The summed E-state index contributed by atoms with van der Waals surface area (Å²) in [5, 5.41) is 0.174. The summed E-state index contributed by atoms with van der Waals surface area (Å²) in [5.74, 6) is 1.10. The van der Waals surface area contributed by atoms with Crippen molar-refractivity contribution in [3.8, 4) is 0 Å². The smallest absolute Gasteiger partial charge is 0.153 e. The van der Waals surface area contributed by atoms with Crippen LogP contribution < -0.4 is 5.73 Å². The normalized spacial score (nSPS) is 14.8. The minimum absolute atomic E-state index is 0.174. The molecule has 150 valence electrons. The lowest BCUT2D eigenvalue weighted by Crippen LogP contribution is -2.27. The third kappa shape index (κ3) is 7.69. The van der Waals surface area contributed by atoms with Gasteiger partial charge in [0.25, 0.3) is 0 Å². The average Bonchev–Trinajstić information content (AvgIpc) is 2.61. The van der Waals surface area contributed by atoms with Gasteiger partial charge in [-0.1, -0.05) is 49.8 Å². The van der Waals surface area contributed by atoms with Gasteiger partial charge in [-0.2, -0.15) is 0 Å². The van der Waals surface area contributed by atoms with E-state index in [1.807, 2.05) is 37.0 Å². The van der Waals surface area contributed by atoms with Crippen molar-refractivity contribution in [2.75, 3.05) is 13.6 Å². The van der Waals surface area contributed by atoms with Crippen molar-refractivity contribution in [3.05, 3.63) is 59.0 Å². The Morgan fingerprint density at radius 2 is 1.93 bits per heavy atom. The van der Waals surface area contributed by atoms with E-state index in [2.05, 4.69) is 32.0 Å². The van der Waals surface area contributed by atoms with E-state index in [0.29, 0.717) is 41.6 Å². The summed E-state index contributed by atoms with van der Waals surface area (Å²) < 4.78 is 0. The first kappa shape index (κ1) is 25.1. The number of allylic oxidation sites excluding steroid dienone is 6. The number of amidine groups is 1. The molecule has 0 spiro atoms. The molecule has 2 N–H and O–H groups in total. The van der Waals surface area contributed by atoms with Crippen LogP contribution in [0.2, 0.25) is 0 Å². The van der Waals surface area contributed by atoms with Gasteiger partial charge in [-0.3, -0.25) is 14.7 Å². The van der Waals surface area contributed by atoms with Crippen LogP contribution in [0.3, 0.4) is 0 Å². The lowest BCUT2D eigenvalue weighted by Gasteiger charge is -2.28. The van der Waals surface area contributed by atoms with Gasteiger partial charge < -0.3 is 5.73 Å². The molecule has 0 aliphatic carbocycles. The molecule has 0 aromatic heterocycles. The molecule has 0 amide bonds. The molecule has 0 aliphatic heterocycles. The predicted molar refractivity (Wildman–Crippen MR) is 119 cm³/mol. The molecule has 0 saturated heterocycles. The van der Waals surface area contributed by atoms with E-state index in [4.69, 9.17) is 17.3 Å². The van der Waals surface area contributed by atoms with Crippen molar-refractivity contribution in [1.82, 2.24) is 4.90 Å². The lowest BCUT2D eigenvalue weighted by atomic mass is 9.91. The van der Waals surface area contributed by atoms with Crippen LogP contribution >= 0.6 is 11.6 Å². The zero-order chi connectivity index (χ0) is 21.0. The second kappa shape index (κ2) is 13.3. The number of aldehydes is 1. The highest BCUT2D eigenvalue weighted by Crippen LogP contribution is 2.27. The molecule has 1 atom stereocenters. The van der Waals surface area contributed by atoms with Gasteiger partial charge in [0.05, 0.1) is 11.3 Å². The van der Waals surface area contributed by atoms with Crippen LogP contribution in [0.1, 0.15) is 47.0 Å². The van der Waals surface area contributed by atoms with Gasteiger partial charge in [0.15, 0.2) is 6.29 Å². The molecule has 0 aromatic rings. The van der Waals surface area contributed by atoms with E-state index in [-0.39, 0.29) is 5.03 Å². The molecular weight excluding hydrogens is 358 g/mol. The number of hydrogen-bond donors (Lipinski definition) is 1. The standard InChI is InChI=1S/C22H34ClN3O/c1-8-10-20(12-13-24)16(3)14-17(4)26(19(6)25-7)22(11-9-2)21(15-27)18(5)23/h9,11,14-15,20H,4-5,8,10,12-13,24H2,1-3,6-7H3/b11-9-,16-14+,22-21+,25-19?. The zero-order valence-corrected chi connectivity index (χ0v) is 18.1. The van der Waals surface area contributed by atoms with Crippen molar-refractivity contribution < 1.29 is 4.79 Å². The zero-order valence-electron chi connectivity index (χ0n) is 17.4. The number of carbonyl (C=O) groups excluding carboxylic acids is 1. The Bertz CT molecular complexity index is 650. The predicted octanol–water partition coefficient (Wildman–Crippen LogP) is 5.34. The second-order valence-corrected chi connectivity index (χ2v) is 6.83. The Kier molecular flexibility index (Phi) is 12.3. The Balaban J connectivity index is 6.29. The molecule has 0 radical (unpaired) electrons. The summed E-state index contributed by atoms with van der Waals surface area (Å²) in [6.07, 6.45) is 9.48. The molecule has 27 heavy (non-hydrogen) atoms. The van der Waals surface area contributed by atoms with Gasteiger partial charge in [-0.15, -0.1) is 0 Å². The van der Waals surface area contributed by atoms with Crippen molar-refractivity contribution in [2.45, 2.75) is 47.0 Å². The maximum atomic E-state index is 11.6. The number of carbonyl (C=O) groups is 1. The SMILES string of the molecule is C=C(Cl)/C(C=O)=C(\C=C/C)N(C(=C)/C=C(\C)C(CCC)CCN)C(C)=NC. The van der Waals surface area contributed by atoms with Crippen LogP contribution in [0.15, 0.2) is 64.0 Å². The number of nitrogens with two attached hydrogens (primary N) is 1. The van der Waals surface area contributed by atoms with E-state index < -0.39 is 0 Å². The summed E-state index contributed by atoms with van der Waals surface area (Å²) >= 11 is 6.07. The Hall–Kier alpha value is -1.91. The summed E-state index contributed by atoms with van der Waals surface area (Å²) in [6.45, 7) is 16.6. The Morgan fingerprint density at radius 1 is 1.30 bits per heavy atom. The number of nitrogens with zero attached hydrogens (tertiary/aromatic N) is 2. The van der Waals surface area contributed by atoms with Gasteiger partial charge >= 0.3 is 0 Å². The van der Waals surface area contributed by atoms with Gasteiger partial charge in [0.2, 0.25) is 0 Å². The summed E-state index contributed by atoms with van der Waals surface area (Å²) in [7, 11) is 1.70. The number of halogens is 1. The first-order valence-corrected chi connectivity index (χ1v) is 9.64. The van der Waals surface area contributed by atoms with E-state index in [1.54, 1.807) is 7.05 Å². The highest BCUT2D eigenvalue weighted by atomic mass is 35.5. The number of aliphatic imine (C=N–C) groups is 1. The summed E-state index contributed by atoms with van der Waals surface area (Å²) in [6, 6.07) is 0. The average molecular weight is 392 g/mol. The maximum absolute atomic E-state index is 11.6. The van der Waals surface area contributed by atoms with Crippen LogP contribution in [-0.4, -0.2) is 30.6 Å². The number of rotatable bonds is 11. The third-order valence-electron chi connectivity index (χ3n) is 4.38. The van der Waals surface area contributed by atoms with Crippen molar-refractivity contribution in [3.63, 3.8) is 0 Å². The van der Waals surface area contributed by atoms with E-state index in [1.165, 1.54) is 5.57 Å². The first-order valence-electron chi connectivity index (χ1n) is 9.26. The highest BCUT2D eigenvalue weighted by molar-refractivity contribution is 6.34. The van der Waals surface area contributed by atoms with Crippen molar-refractivity contribution in [1.29, 1.82) is 0 Å². The molecule has 0 heterocycles. The minimum atomic E-state index is 0.174. The Morgan fingerprint density at radius 3 is 2.33 bits per heavy atom. The molecule has 0 rings (SSSR count).